The normalized spacial score (nSPS) is 10.6. The van der Waals surface area contributed by atoms with Crippen molar-refractivity contribution in [1.82, 2.24) is 0 Å². The molecule has 0 radical (unpaired) electrons. The lowest BCUT2D eigenvalue weighted by molar-refractivity contribution is -0.384. The summed E-state index contributed by atoms with van der Waals surface area (Å²) < 4.78 is 10.4. The molecule has 0 spiro atoms. The first-order valence-electron chi connectivity index (χ1n) is 7.13. The van der Waals surface area contributed by atoms with Crippen LogP contribution in [-0.4, -0.2) is 24.1 Å². The smallest absolute Gasteiger partial charge is 0.330 e. The first-order valence-corrected chi connectivity index (χ1v) is 7.89. The van der Waals surface area contributed by atoms with E-state index >= 15 is 0 Å². The SMILES string of the molecule is O=C(/C=C/c1cccc([N+](=O)[O-])c1)OCCOc1c(Cl)cccc1Cl. The van der Waals surface area contributed by atoms with Crippen molar-refractivity contribution >= 4 is 40.9 Å². The van der Waals surface area contributed by atoms with Crippen molar-refractivity contribution in [3.05, 3.63) is 74.3 Å². The number of para-hydroxylation sites is 1. The topological polar surface area (TPSA) is 78.7 Å². The molecule has 0 fully saturated rings. The van der Waals surface area contributed by atoms with E-state index in [-0.39, 0.29) is 18.9 Å². The van der Waals surface area contributed by atoms with Crippen LogP contribution < -0.4 is 4.74 Å². The molecule has 0 aliphatic rings. The predicted octanol–water partition coefficient (Wildman–Crippen LogP) is 4.54. The number of nitro groups is 1. The maximum atomic E-state index is 11.6. The Morgan fingerprint density at radius 3 is 2.48 bits per heavy atom. The molecule has 0 atom stereocenters. The van der Waals surface area contributed by atoms with Crippen molar-refractivity contribution < 1.29 is 19.2 Å². The molecule has 2 aromatic rings. The maximum absolute atomic E-state index is 11.6. The van der Waals surface area contributed by atoms with Crippen LogP contribution in [0.4, 0.5) is 5.69 Å². The van der Waals surface area contributed by atoms with Gasteiger partial charge in [-0.05, 0) is 23.8 Å². The van der Waals surface area contributed by atoms with Crippen molar-refractivity contribution in [2.75, 3.05) is 13.2 Å². The summed E-state index contributed by atoms with van der Waals surface area (Å²) in [5.41, 5.74) is 0.464. The molecule has 0 heterocycles. The Morgan fingerprint density at radius 1 is 1.12 bits per heavy atom. The van der Waals surface area contributed by atoms with Crippen LogP contribution in [0.25, 0.3) is 6.08 Å². The highest BCUT2D eigenvalue weighted by atomic mass is 35.5. The van der Waals surface area contributed by atoms with E-state index in [0.717, 1.165) is 0 Å². The van der Waals surface area contributed by atoms with E-state index in [1.165, 1.54) is 30.4 Å². The molecule has 0 amide bonds. The number of carbonyl (C=O) groups excluding carboxylic acids is 1. The van der Waals surface area contributed by atoms with Gasteiger partial charge in [0.2, 0.25) is 0 Å². The minimum absolute atomic E-state index is 0.000334. The summed E-state index contributed by atoms with van der Waals surface area (Å²) in [6.45, 7) is 0.0828. The summed E-state index contributed by atoms with van der Waals surface area (Å²) in [5, 5.41) is 11.4. The Kier molecular flexibility index (Phi) is 6.80. The molecule has 0 unspecified atom stereocenters. The minimum Gasteiger partial charge on any atom is -0.487 e. The fourth-order valence-electron chi connectivity index (χ4n) is 1.86. The third-order valence-electron chi connectivity index (χ3n) is 2.99. The predicted molar refractivity (Wildman–Crippen MR) is 95.0 cm³/mol. The number of non-ortho nitro benzene ring substituents is 1. The Labute approximate surface area is 153 Å². The standard InChI is InChI=1S/C17H13Cl2NO5/c18-14-5-2-6-15(19)17(14)25-10-9-24-16(21)8-7-12-3-1-4-13(11-12)20(22)23/h1-8,11H,9-10H2/b8-7+. The van der Waals surface area contributed by atoms with Crippen molar-refractivity contribution in [3.63, 3.8) is 0 Å². The Hall–Kier alpha value is -2.57. The second-order valence-corrected chi connectivity index (χ2v) is 5.57. The average Bonchev–Trinajstić information content (AvgIpc) is 2.59. The summed E-state index contributed by atoms with van der Waals surface area (Å²) in [7, 11) is 0. The van der Waals surface area contributed by atoms with Crippen LogP contribution in [0.15, 0.2) is 48.5 Å². The molecular weight excluding hydrogens is 369 g/mol. The van der Waals surface area contributed by atoms with E-state index in [1.54, 1.807) is 24.3 Å². The van der Waals surface area contributed by atoms with Crippen molar-refractivity contribution in [2.24, 2.45) is 0 Å². The van der Waals surface area contributed by atoms with Crippen LogP contribution in [0, 0.1) is 10.1 Å². The number of hydrogen-bond donors (Lipinski definition) is 0. The molecule has 25 heavy (non-hydrogen) atoms. The molecule has 0 N–H and O–H groups in total. The Bertz CT molecular complexity index is 787. The maximum Gasteiger partial charge on any atom is 0.330 e. The summed E-state index contributed by atoms with van der Waals surface area (Å²) in [4.78, 5) is 21.8. The highest BCUT2D eigenvalue weighted by molar-refractivity contribution is 6.37. The van der Waals surface area contributed by atoms with Gasteiger partial charge in [0, 0.05) is 18.2 Å². The fraction of sp³-hybridized carbons (Fsp3) is 0.118. The lowest BCUT2D eigenvalue weighted by Crippen LogP contribution is -2.10. The van der Waals surface area contributed by atoms with Gasteiger partial charge in [0.25, 0.3) is 5.69 Å². The highest BCUT2D eigenvalue weighted by Gasteiger charge is 2.07. The molecule has 0 aliphatic heterocycles. The largest absolute Gasteiger partial charge is 0.487 e. The van der Waals surface area contributed by atoms with Crippen LogP contribution in [0.5, 0.6) is 5.75 Å². The van der Waals surface area contributed by atoms with Gasteiger partial charge in [-0.15, -0.1) is 0 Å². The van der Waals surface area contributed by atoms with Gasteiger partial charge in [-0.3, -0.25) is 10.1 Å². The zero-order valence-corrected chi connectivity index (χ0v) is 14.4. The van der Waals surface area contributed by atoms with Crippen LogP contribution in [0.1, 0.15) is 5.56 Å². The summed E-state index contributed by atoms with van der Waals surface area (Å²) >= 11 is 11.9. The first kappa shape index (κ1) is 18.8. The van der Waals surface area contributed by atoms with Crippen LogP contribution in [-0.2, 0) is 9.53 Å². The molecule has 0 bridgehead atoms. The van der Waals surface area contributed by atoms with Gasteiger partial charge in [-0.25, -0.2) is 4.79 Å². The summed E-state index contributed by atoms with van der Waals surface area (Å²) in [6.07, 6.45) is 2.61. The molecule has 0 aliphatic carbocycles. The van der Waals surface area contributed by atoms with Gasteiger partial charge in [0.1, 0.15) is 13.2 Å². The van der Waals surface area contributed by atoms with E-state index < -0.39 is 10.9 Å². The van der Waals surface area contributed by atoms with E-state index in [2.05, 4.69) is 0 Å². The second-order valence-electron chi connectivity index (χ2n) is 4.75. The molecule has 0 aromatic heterocycles. The van der Waals surface area contributed by atoms with Crippen LogP contribution in [0.2, 0.25) is 10.0 Å². The van der Waals surface area contributed by atoms with E-state index in [0.29, 0.717) is 21.4 Å². The first-order chi connectivity index (χ1) is 12.0. The van der Waals surface area contributed by atoms with Gasteiger partial charge >= 0.3 is 5.97 Å². The number of halogens is 2. The zero-order chi connectivity index (χ0) is 18.2. The van der Waals surface area contributed by atoms with Gasteiger partial charge in [-0.1, -0.05) is 41.4 Å². The molecule has 0 saturated heterocycles. The lowest BCUT2D eigenvalue weighted by atomic mass is 10.2. The molecule has 8 heteroatoms. The van der Waals surface area contributed by atoms with Crippen LogP contribution >= 0.6 is 23.2 Å². The number of carbonyl (C=O) groups is 1. The van der Waals surface area contributed by atoms with Gasteiger partial charge in [-0.2, -0.15) is 0 Å². The molecule has 130 valence electrons. The highest BCUT2D eigenvalue weighted by Crippen LogP contribution is 2.32. The molecule has 0 saturated carbocycles. The number of nitro benzene ring substituents is 1. The van der Waals surface area contributed by atoms with Crippen LogP contribution in [0.3, 0.4) is 0 Å². The number of ether oxygens (including phenoxy) is 2. The molecule has 6 nitrogen and oxygen atoms in total. The average molecular weight is 382 g/mol. The third kappa shape index (κ3) is 5.77. The summed E-state index contributed by atoms with van der Waals surface area (Å²) in [5.74, 6) is -0.269. The third-order valence-corrected chi connectivity index (χ3v) is 3.58. The number of benzene rings is 2. The minimum atomic E-state index is -0.597. The van der Waals surface area contributed by atoms with Gasteiger partial charge < -0.3 is 9.47 Å². The number of hydrogen-bond acceptors (Lipinski definition) is 5. The number of rotatable bonds is 7. The summed E-state index contributed by atoms with van der Waals surface area (Å²) in [6, 6.07) is 10.9. The Balaban J connectivity index is 1.81. The molecule has 2 rings (SSSR count). The molecule has 2 aromatic carbocycles. The van der Waals surface area contributed by atoms with Crippen molar-refractivity contribution in [3.8, 4) is 5.75 Å². The van der Waals surface area contributed by atoms with Crippen molar-refractivity contribution in [1.29, 1.82) is 0 Å². The van der Waals surface area contributed by atoms with E-state index in [9.17, 15) is 14.9 Å². The zero-order valence-electron chi connectivity index (χ0n) is 12.9. The van der Waals surface area contributed by atoms with E-state index in [4.69, 9.17) is 32.7 Å². The number of nitrogens with zero attached hydrogens (tertiary/aromatic N) is 1. The monoisotopic (exact) mass is 381 g/mol. The fourth-order valence-corrected chi connectivity index (χ4v) is 2.37. The van der Waals surface area contributed by atoms with Crippen molar-refractivity contribution in [2.45, 2.75) is 0 Å². The Morgan fingerprint density at radius 2 is 1.80 bits per heavy atom. The quantitative estimate of drug-likeness (QED) is 0.231. The van der Waals surface area contributed by atoms with Gasteiger partial charge in [0.15, 0.2) is 5.75 Å². The second kappa shape index (κ2) is 9.05. The molecular formula is C17H13Cl2NO5. The lowest BCUT2D eigenvalue weighted by Gasteiger charge is -2.09. The number of esters is 1. The van der Waals surface area contributed by atoms with E-state index in [1.807, 2.05) is 0 Å². The van der Waals surface area contributed by atoms with Gasteiger partial charge in [0.05, 0.1) is 15.0 Å².